The minimum Gasteiger partial charge on any atom is -0.458 e. The maximum atomic E-state index is 13.8. The Morgan fingerprint density at radius 1 is 0.930 bits per heavy atom. The minimum atomic E-state index is -1.91. The number of carbonyl (C=O) groups excluding carboxylic acids is 3. The summed E-state index contributed by atoms with van der Waals surface area (Å²) in [6, 6.07) is 28.3. The van der Waals surface area contributed by atoms with E-state index in [1.165, 1.54) is 0 Å². The monoisotopic (exact) mass is 771 g/mol. The lowest BCUT2D eigenvalue weighted by molar-refractivity contribution is -0.172. The fourth-order valence-electron chi connectivity index (χ4n) is 7.21. The molecule has 0 fully saturated rings. The zero-order valence-electron chi connectivity index (χ0n) is 31.8. The van der Waals surface area contributed by atoms with Gasteiger partial charge in [0, 0.05) is 54.5 Å². The Morgan fingerprint density at radius 3 is 2.35 bits per heavy atom. The number of aromatic nitrogens is 2. The summed E-state index contributed by atoms with van der Waals surface area (Å²) in [6.45, 7) is 3.69. The van der Waals surface area contributed by atoms with Crippen LogP contribution in [0.4, 0.5) is 9.59 Å². The third-order valence-electron chi connectivity index (χ3n) is 10.4. The Morgan fingerprint density at radius 2 is 1.61 bits per heavy atom. The van der Waals surface area contributed by atoms with Crippen molar-refractivity contribution >= 4 is 35.3 Å². The van der Waals surface area contributed by atoms with Crippen LogP contribution in [0.2, 0.25) is 0 Å². The molecule has 0 spiro atoms. The smallest absolute Gasteiger partial charge is 0.410 e. The van der Waals surface area contributed by atoms with Crippen molar-refractivity contribution in [3.63, 3.8) is 0 Å². The molecular formula is C44H45N5O8. The lowest BCUT2D eigenvalue weighted by Crippen LogP contribution is -2.44. The summed E-state index contributed by atoms with van der Waals surface area (Å²) in [5.41, 5.74) is 3.63. The van der Waals surface area contributed by atoms with Crippen molar-refractivity contribution in [3.8, 4) is 11.4 Å². The number of aliphatic imine (C=N–C) groups is 1. The highest BCUT2D eigenvalue weighted by Crippen LogP contribution is 2.39. The molecule has 0 aliphatic carbocycles. The van der Waals surface area contributed by atoms with Gasteiger partial charge in [0.15, 0.2) is 5.60 Å². The zero-order valence-corrected chi connectivity index (χ0v) is 31.8. The number of carbonyl (C=O) groups is 3. The summed E-state index contributed by atoms with van der Waals surface area (Å²) in [7, 11) is 0. The van der Waals surface area contributed by atoms with Gasteiger partial charge in [-0.05, 0) is 48.9 Å². The van der Waals surface area contributed by atoms with E-state index in [0.29, 0.717) is 56.8 Å². The van der Waals surface area contributed by atoms with Gasteiger partial charge in [0.25, 0.3) is 5.56 Å². The van der Waals surface area contributed by atoms with Crippen LogP contribution in [0.5, 0.6) is 0 Å². The number of para-hydroxylation sites is 1. The van der Waals surface area contributed by atoms with Gasteiger partial charge >= 0.3 is 18.2 Å². The Kier molecular flexibility index (Phi) is 12.0. The summed E-state index contributed by atoms with van der Waals surface area (Å²) in [6.07, 6.45) is 2.79. The lowest BCUT2D eigenvalue weighted by Gasteiger charge is -2.31. The number of nitrogens with one attached hydrogen (secondary N) is 1. The molecule has 0 bridgehead atoms. The lowest BCUT2D eigenvalue weighted by atomic mass is 9.86. The molecule has 2 aliphatic heterocycles. The van der Waals surface area contributed by atoms with Gasteiger partial charge in [0.05, 0.1) is 29.0 Å². The predicted molar refractivity (Wildman–Crippen MR) is 214 cm³/mol. The molecule has 2 N–H and O–H groups in total. The number of esters is 1. The number of alkyl carbamates (subject to hydrolysis) is 1. The van der Waals surface area contributed by atoms with E-state index in [4.69, 9.17) is 24.2 Å². The first-order valence-electron chi connectivity index (χ1n) is 19.3. The SMILES string of the molecule is CC[C@@]1(O)C(=O)OCc2c1cc1n(c2=O)Cc2c-1nc1ccccc1c2C=NCCCCN(CCCNC(=O)OCc1ccccc1)C(=O)OCc1ccccc1. The Bertz CT molecular complexity index is 2350. The van der Waals surface area contributed by atoms with Crippen LogP contribution in [-0.2, 0) is 51.0 Å². The molecule has 0 saturated carbocycles. The fraction of sp³-hybridized carbons (Fsp3) is 0.318. The average molecular weight is 772 g/mol. The fourth-order valence-corrected chi connectivity index (χ4v) is 7.21. The third kappa shape index (κ3) is 8.58. The standard InChI is InChI=1S/C44H45N5O8/c1-2-44(54)36-24-38-39-34(26-49(38)40(50)35(36)29-55-41(44)51)33(32-18-9-10-19-37(32)47-39)25-45-20-11-12-22-48(43(53)57-28-31-16-7-4-8-17-31)23-13-21-46-42(52)56-27-30-14-5-3-6-15-30/h3-10,14-19,24-25,54H,2,11-13,20-23,26-29H2,1H3,(H,46,52)/t44-/m0/s1. The van der Waals surface area contributed by atoms with E-state index >= 15 is 0 Å². The number of hydrogen-bond donors (Lipinski definition) is 2. The van der Waals surface area contributed by atoms with Crippen LogP contribution in [0.1, 0.15) is 66.0 Å². The van der Waals surface area contributed by atoms with E-state index in [2.05, 4.69) is 5.32 Å². The van der Waals surface area contributed by atoms with Gasteiger partial charge in [0.2, 0.25) is 0 Å². The first-order valence-corrected chi connectivity index (χ1v) is 19.3. The van der Waals surface area contributed by atoms with Crippen molar-refractivity contribution in [2.24, 2.45) is 4.99 Å². The minimum absolute atomic E-state index is 0.0630. The largest absolute Gasteiger partial charge is 0.458 e. The number of cyclic esters (lactones) is 1. The molecule has 0 radical (unpaired) electrons. The molecule has 0 unspecified atom stereocenters. The molecule has 5 aromatic rings. The summed E-state index contributed by atoms with van der Waals surface area (Å²) >= 11 is 0. The molecule has 57 heavy (non-hydrogen) atoms. The number of amides is 2. The molecule has 2 aromatic heterocycles. The van der Waals surface area contributed by atoms with Crippen LogP contribution >= 0.6 is 0 Å². The molecule has 13 nitrogen and oxygen atoms in total. The van der Waals surface area contributed by atoms with Crippen molar-refractivity contribution in [1.82, 2.24) is 19.8 Å². The van der Waals surface area contributed by atoms with Crippen LogP contribution in [0.3, 0.4) is 0 Å². The summed E-state index contributed by atoms with van der Waals surface area (Å²) in [5, 5.41) is 14.9. The van der Waals surface area contributed by atoms with Crippen molar-refractivity contribution < 1.29 is 33.7 Å². The number of fused-ring (bicyclic) bond motifs is 5. The molecule has 13 heteroatoms. The molecule has 294 valence electrons. The summed E-state index contributed by atoms with van der Waals surface area (Å²) < 4.78 is 17.8. The van der Waals surface area contributed by atoms with E-state index in [1.807, 2.05) is 91.1 Å². The summed E-state index contributed by atoms with van der Waals surface area (Å²) in [5.74, 6) is -0.764. The Labute approximate surface area is 329 Å². The quantitative estimate of drug-likeness (QED) is 0.0534. The highest BCUT2D eigenvalue weighted by Gasteiger charge is 2.45. The maximum absolute atomic E-state index is 13.8. The summed E-state index contributed by atoms with van der Waals surface area (Å²) in [4.78, 5) is 63.2. The topological polar surface area (TPSA) is 162 Å². The highest BCUT2D eigenvalue weighted by atomic mass is 16.6. The van der Waals surface area contributed by atoms with Crippen molar-refractivity contribution in [2.45, 2.75) is 64.6 Å². The number of unbranched alkanes of at least 4 members (excludes halogenated alkanes) is 1. The first-order chi connectivity index (χ1) is 27.8. The number of nitrogens with zero attached hydrogens (tertiary/aromatic N) is 4. The van der Waals surface area contributed by atoms with Gasteiger partial charge in [0.1, 0.15) is 19.8 Å². The van der Waals surface area contributed by atoms with Gasteiger partial charge in [-0.3, -0.25) is 9.79 Å². The molecule has 3 aromatic carbocycles. The van der Waals surface area contributed by atoms with E-state index < -0.39 is 23.8 Å². The normalized spacial score (nSPS) is 15.4. The van der Waals surface area contributed by atoms with Crippen LogP contribution in [-0.4, -0.2) is 70.1 Å². The van der Waals surface area contributed by atoms with Crippen molar-refractivity contribution in [2.75, 3.05) is 26.2 Å². The van der Waals surface area contributed by atoms with Crippen molar-refractivity contribution in [1.29, 1.82) is 0 Å². The second kappa shape index (κ2) is 17.6. The van der Waals surface area contributed by atoms with Gasteiger partial charge in [-0.1, -0.05) is 85.8 Å². The number of aliphatic hydroxyl groups is 1. The Hall–Kier alpha value is -6.34. The van der Waals surface area contributed by atoms with E-state index in [0.717, 1.165) is 33.2 Å². The second-order valence-electron chi connectivity index (χ2n) is 14.1. The Balaban J connectivity index is 0.997. The zero-order chi connectivity index (χ0) is 39.8. The van der Waals surface area contributed by atoms with Crippen molar-refractivity contribution in [3.05, 3.63) is 135 Å². The van der Waals surface area contributed by atoms with Gasteiger partial charge in [-0.2, -0.15) is 0 Å². The molecular weight excluding hydrogens is 727 g/mol. The maximum Gasteiger partial charge on any atom is 0.410 e. The van der Waals surface area contributed by atoms with Gasteiger partial charge < -0.3 is 34.1 Å². The number of ether oxygens (including phenoxy) is 3. The molecule has 2 amide bonds. The molecule has 0 saturated heterocycles. The van der Waals surface area contributed by atoms with Crippen LogP contribution in [0, 0.1) is 0 Å². The number of hydrogen-bond acceptors (Lipinski definition) is 10. The number of pyridine rings is 2. The van der Waals surface area contributed by atoms with Crippen LogP contribution in [0.15, 0.2) is 101 Å². The highest BCUT2D eigenvalue weighted by molar-refractivity contribution is 6.02. The predicted octanol–water partition coefficient (Wildman–Crippen LogP) is 6.23. The number of benzene rings is 3. The van der Waals surface area contributed by atoms with Crippen LogP contribution in [0.25, 0.3) is 22.3 Å². The van der Waals surface area contributed by atoms with E-state index in [-0.39, 0.29) is 49.5 Å². The van der Waals surface area contributed by atoms with Gasteiger partial charge in [-0.25, -0.2) is 19.4 Å². The van der Waals surface area contributed by atoms with Crippen LogP contribution < -0.4 is 10.9 Å². The molecule has 4 heterocycles. The first kappa shape index (κ1) is 38.9. The number of rotatable bonds is 15. The molecule has 7 rings (SSSR count). The molecule has 2 aliphatic rings. The third-order valence-corrected chi connectivity index (χ3v) is 10.4. The molecule has 1 atom stereocenters. The van der Waals surface area contributed by atoms with E-state index in [9.17, 15) is 24.3 Å². The second-order valence-corrected chi connectivity index (χ2v) is 14.1. The van der Waals surface area contributed by atoms with Gasteiger partial charge in [-0.15, -0.1) is 0 Å². The average Bonchev–Trinajstić information content (AvgIpc) is 3.61. The van der Waals surface area contributed by atoms with E-state index in [1.54, 1.807) is 22.5 Å².